The quantitative estimate of drug-likeness (QED) is 0.563. The van der Waals surface area contributed by atoms with Crippen molar-refractivity contribution < 1.29 is 9.47 Å². The van der Waals surface area contributed by atoms with Gasteiger partial charge in [-0.1, -0.05) is 0 Å². The lowest BCUT2D eigenvalue weighted by Crippen LogP contribution is -2.34. The summed E-state index contributed by atoms with van der Waals surface area (Å²) in [6.07, 6.45) is 0.0479. The number of hydrogen-bond acceptors (Lipinski definition) is 8. The second kappa shape index (κ2) is 5.66. The van der Waals surface area contributed by atoms with Crippen LogP contribution in [0.5, 0.6) is 0 Å². The Morgan fingerprint density at radius 1 is 1.42 bits per heavy atom. The molecule has 0 spiro atoms. The average Bonchev–Trinajstić information content (AvgIpc) is 2.94. The standard InChI is InChI=1S/C11H15N5O2S/c12-16-11-14-9(8-1-4-19-10(8)15-11)13-5-7-6-17-2-3-18-7/h1,4,7H,2-3,5-6,12H2,(H2,13,14,15,16). The molecule has 0 radical (unpaired) electrons. The largest absolute Gasteiger partial charge is 0.376 e. The summed E-state index contributed by atoms with van der Waals surface area (Å²) in [5, 5.41) is 6.24. The number of nitrogens with one attached hydrogen (secondary N) is 2. The second-order valence-electron chi connectivity index (χ2n) is 4.13. The molecule has 3 rings (SSSR count). The second-order valence-corrected chi connectivity index (χ2v) is 5.02. The van der Waals surface area contributed by atoms with Gasteiger partial charge in [-0.2, -0.15) is 4.98 Å². The summed E-state index contributed by atoms with van der Waals surface area (Å²) >= 11 is 1.55. The van der Waals surface area contributed by atoms with Gasteiger partial charge in [0.15, 0.2) is 0 Å². The minimum absolute atomic E-state index is 0.0479. The number of anilines is 2. The minimum Gasteiger partial charge on any atom is -0.376 e. The van der Waals surface area contributed by atoms with Gasteiger partial charge in [-0.05, 0) is 11.4 Å². The van der Waals surface area contributed by atoms with Crippen LogP contribution in [0.3, 0.4) is 0 Å². The van der Waals surface area contributed by atoms with E-state index in [0.717, 1.165) is 16.0 Å². The Labute approximate surface area is 114 Å². The van der Waals surface area contributed by atoms with E-state index >= 15 is 0 Å². The number of nitrogens with zero attached hydrogens (tertiary/aromatic N) is 2. The summed E-state index contributed by atoms with van der Waals surface area (Å²) in [6.45, 7) is 2.55. The molecular formula is C11H15N5O2S. The number of rotatable bonds is 4. The first-order chi connectivity index (χ1) is 9.36. The third-order valence-corrected chi connectivity index (χ3v) is 3.64. The summed E-state index contributed by atoms with van der Waals surface area (Å²) in [5.41, 5.74) is 2.48. The molecule has 0 amide bonds. The van der Waals surface area contributed by atoms with Crippen LogP contribution >= 0.6 is 11.3 Å². The summed E-state index contributed by atoms with van der Waals surface area (Å²) in [7, 11) is 0. The lowest BCUT2D eigenvalue weighted by Gasteiger charge is -2.23. The summed E-state index contributed by atoms with van der Waals surface area (Å²) < 4.78 is 10.9. The van der Waals surface area contributed by atoms with Crippen LogP contribution in [-0.2, 0) is 9.47 Å². The summed E-state index contributed by atoms with van der Waals surface area (Å²) in [4.78, 5) is 9.51. The first-order valence-corrected chi connectivity index (χ1v) is 6.90. The molecule has 3 heterocycles. The SMILES string of the molecule is NNc1nc(NCC2COCCO2)c2ccsc2n1. The van der Waals surface area contributed by atoms with E-state index in [9.17, 15) is 0 Å². The van der Waals surface area contributed by atoms with E-state index in [1.807, 2.05) is 11.4 Å². The van der Waals surface area contributed by atoms with Crippen molar-refractivity contribution in [3.8, 4) is 0 Å². The van der Waals surface area contributed by atoms with E-state index < -0.39 is 0 Å². The Bertz CT molecular complexity index is 555. The number of aromatic nitrogens is 2. The molecule has 0 bridgehead atoms. The average molecular weight is 281 g/mol. The van der Waals surface area contributed by atoms with Gasteiger partial charge < -0.3 is 14.8 Å². The smallest absolute Gasteiger partial charge is 0.240 e. The third-order valence-electron chi connectivity index (χ3n) is 2.84. The van der Waals surface area contributed by atoms with E-state index in [1.54, 1.807) is 11.3 Å². The number of hydrazine groups is 1. The van der Waals surface area contributed by atoms with Gasteiger partial charge in [0.1, 0.15) is 10.6 Å². The lowest BCUT2D eigenvalue weighted by atomic mass is 10.3. The molecule has 102 valence electrons. The van der Waals surface area contributed by atoms with Crippen molar-refractivity contribution in [2.75, 3.05) is 37.1 Å². The van der Waals surface area contributed by atoms with E-state index in [4.69, 9.17) is 15.3 Å². The van der Waals surface area contributed by atoms with E-state index in [-0.39, 0.29) is 6.10 Å². The van der Waals surface area contributed by atoms with Crippen molar-refractivity contribution in [2.45, 2.75) is 6.10 Å². The van der Waals surface area contributed by atoms with E-state index in [2.05, 4.69) is 20.7 Å². The first-order valence-electron chi connectivity index (χ1n) is 6.02. The molecule has 1 atom stereocenters. The third kappa shape index (κ3) is 2.76. The predicted molar refractivity (Wildman–Crippen MR) is 74.3 cm³/mol. The highest BCUT2D eigenvalue weighted by molar-refractivity contribution is 7.16. The molecule has 2 aromatic rings. The zero-order valence-corrected chi connectivity index (χ0v) is 11.1. The van der Waals surface area contributed by atoms with Crippen LogP contribution < -0.4 is 16.6 Å². The summed E-state index contributed by atoms with van der Waals surface area (Å²) in [6, 6.07) is 1.99. The van der Waals surface area contributed by atoms with Crippen molar-refractivity contribution in [1.82, 2.24) is 9.97 Å². The molecule has 1 aliphatic rings. The fraction of sp³-hybridized carbons (Fsp3) is 0.455. The maximum atomic E-state index is 5.58. The van der Waals surface area contributed by atoms with Crippen molar-refractivity contribution in [1.29, 1.82) is 0 Å². The van der Waals surface area contributed by atoms with Crippen LogP contribution in [0.25, 0.3) is 10.2 Å². The molecule has 0 saturated carbocycles. The van der Waals surface area contributed by atoms with Crippen molar-refractivity contribution >= 4 is 33.3 Å². The van der Waals surface area contributed by atoms with Gasteiger partial charge in [-0.3, -0.25) is 5.43 Å². The molecule has 8 heteroatoms. The minimum atomic E-state index is 0.0479. The molecule has 0 aliphatic carbocycles. The van der Waals surface area contributed by atoms with Crippen LogP contribution in [-0.4, -0.2) is 42.4 Å². The topological polar surface area (TPSA) is 94.3 Å². The molecule has 2 aromatic heterocycles. The molecule has 1 saturated heterocycles. The Kier molecular flexibility index (Phi) is 3.74. The number of ether oxygens (including phenoxy) is 2. The highest BCUT2D eigenvalue weighted by Crippen LogP contribution is 2.26. The van der Waals surface area contributed by atoms with Crippen molar-refractivity contribution in [2.24, 2.45) is 5.84 Å². The van der Waals surface area contributed by atoms with Crippen molar-refractivity contribution in [3.05, 3.63) is 11.4 Å². The maximum Gasteiger partial charge on any atom is 0.240 e. The Morgan fingerprint density at radius 2 is 2.37 bits per heavy atom. The molecule has 4 N–H and O–H groups in total. The van der Waals surface area contributed by atoms with Gasteiger partial charge in [0, 0.05) is 6.54 Å². The van der Waals surface area contributed by atoms with Gasteiger partial charge >= 0.3 is 0 Å². The first kappa shape index (κ1) is 12.5. The molecule has 1 aliphatic heterocycles. The normalized spacial score (nSPS) is 19.5. The zero-order valence-electron chi connectivity index (χ0n) is 10.3. The van der Waals surface area contributed by atoms with Crippen LogP contribution in [0.1, 0.15) is 0 Å². The fourth-order valence-corrected chi connectivity index (χ4v) is 2.68. The van der Waals surface area contributed by atoms with Gasteiger partial charge in [0.05, 0.1) is 31.3 Å². The van der Waals surface area contributed by atoms with Gasteiger partial charge in [-0.25, -0.2) is 10.8 Å². The summed E-state index contributed by atoms with van der Waals surface area (Å²) in [5.74, 6) is 6.53. The Hall–Kier alpha value is -1.48. The molecule has 1 unspecified atom stereocenters. The number of hydrogen-bond donors (Lipinski definition) is 3. The number of nitrogen functional groups attached to an aromatic ring is 1. The van der Waals surface area contributed by atoms with Gasteiger partial charge in [0.2, 0.25) is 5.95 Å². The molecule has 19 heavy (non-hydrogen) atoms. The van der Waals surface area contributed by atoms with Crippen LogP contribution in [0, 0.1) is 0 Å². The number of nitrogens with two attached hydrogens (primary N) is 1. The van der Waals surface area contributed by atoms with Crippen LogP contribution in [0.15, 0.2) is 11.4 Å². The number of fused-ring (bicyclic) bond motifs is 1. The lowest BCUT2D eigenvalue weighted by molar-refractivity contribution is -0.0819. The van der Waals surface area contributed by atoms with E-state index in [0.29, 0.717) is 32.3 Å². The van der Waals surface area contributed by atoms with E-state index in [1.165, 1.54) is 0 Å². The van der Waals surface area contributed by atoms with Gasteiger partial charge in [-0.15, -0.1) is 11.3 Å². The zero-order chi connectivity index (χ0) is 13.1. The van der Waals surface area contributed by atoms with Gasteiger partial charge in [0.25, 0.3) is 0 Å². The van der Waals surface area contributed by atoms with Crippen LogP contribution in [0.4, 0.5) is 11.8 Å². The molecule has 7 nitrogen and oxygen atoms in total. The monoisotopic (exact) mass is 281 g/mol. The van der Waals surface area contributed by atoms with Crippen molar-refractivity contribution in [3.63, 3.8) is 0 Å². The fourth-order valence-electron chi connectivity index (χ4n) is 1.92. The molecule has 1 fully saturated rings. The Morgan fingerprint density at radius 3 is 3.16 bits per heavy atom. The number of thiophene rings is 1. The molecular weight excluding hydrogens is 266 g/mol. The highest BCUT2D eigenvalue weighted by atomic mass is 32.1. The highest BCUT2D eigenvalue weighted by Gasteiger charge is 2.15. The predicted octanol–water partition coefficient (Wildman–Crippen LogP) is 0.804. The van der Waals surface area contributed by atoms with Crippen LogP contribution in [0.2, 0.25) is 0 Å². The maximum absolute atomic E-state index is 5.58. The Balaban J connectivity index is 1.77. The molecule has 0 aromatic carbocycles.